The lowest BCUT2D eigenvalue weighted by molar-refractivity contribution is 0.0147. The first-order valence-electron chi connectivity index (χ1n) is 52.2. The lowest BCUT2D eigenvalue weighted by Gasteiger charge is -2.49. The summed E-state index contributed by atoms with van der Waals surface area (Å²) in [5, 5.41) is 0. The quantitative estimate of drug-likeness (QED) is 0.135. The van der Waals surface area contributed by atoms with E-state index in [0.717, 1.165) is 148 Å². The van der Waals surface area contributed by atoms with Gasteiger partial charge in [-0.3, -0.25) is 0 Å². The second kappa shape index (κ2) is 41.9. The van der Waals surface area contributed by atoms with Gasteiger partial charge in [-0.2, -0.15) is 0 Å². The molecule has 0 N–H and O–H groups in total. The van der Waals surface area contributed by atoms with Gasteiger partial charge in [-0.05, 0) is 381 Å². The van der Waals surface area contributed by atoms with Crippen molar-refractivity contribution in [3.63, 3.8) is 0 Å². The number of rotatable bonds is 16. The third-order valence-corrected chi connectivity index (χ3v) is 36.8. The molecule has 12 atom stereocenters. The Labute approximate surface area is 721 Å². The van der Waals surface area contributed by atoms with Crippen molar-refractivity contribution in [2.75, 3.05) is 0 Å². The second-order valence-electron chi connectivity index (χ2n) is 57.5. The Hall–Kier alpha value is 0. The Bertz CT molecular complexity index is 2470. The summed E-state index contributed by atoms with van der Waals surface area (Å²) in [6, 6.07) is 0. The minimum atomic E-state index is 0.529. The van der Waals surface area contributed by atoms with Gasteiger partial charge in [0, 0.05) is 0 Å². The standard InChI is InChI=1S/C22H42.C21H40.2C19H36.C17H32.C16H30/c1-17(2)20-10-6-8-18(12-14-20)16-19-9-7-11-21(15-13-19)22(3,4)5;1-20(2,3)18-11-7-16(8-12-18)15-17-9-13-19(14-10-17)21(4,5)6;1-18(2,3)16-9-7-14(12-16)11-15-8-10-17(13-15)19(4,5)6;1-18(2,3)16-10-14(11-16)8-7-9-15-12-17(13-15)19(4,5)6;1-16(2,3)14-8-12(9-14)7-13-10-15(11-13)17(4,5)6;1-15(2,3)13-9-11(13)7-8-12-10-14(12)16(4,5)6/h17-21H,6-16H2,1-5H3;16-19H,7-15H2,1-6H3;2*14-17H,7-13H2,1-6H3;12-15H,7-11H2,1-6H3;11-14H,7-10H2,1-6H3. The van der Waals surface area contributed by atoms with E-state index in [1.165, 1.54) is 250 Å². The molecule has 12 rings (SSSR count). The molecular weight excluding hydrogens is 1370 g/mol. The average Bonchev–Trinajstić information content (AvgIpc) is 1.55. The first-order valence-corrected chi connectivity index (χ1v) is 52.2. The molecule has 0 spiro atoms. The number of hydrogen-bond acceptors (Lipinski definition) is 0. The molecule has 0 nitrogen and oxygen atoms in total. The van der Waals surface area contributed by atoms with Crippen molar-refractivity contribution >= 4 is 0 Å². The van der Waals surface area contributed by atoms with Gasteiger partial charge in [0.2, 0.25) is 0 Å². The maximum atomic E-state index is 2.45. The molecule has 12 aliphatic rings. The van der Waals surface area contributed by atoms with Crippen LogP contribution in [0.4, 0.5) is 0 Å². The van der Waals surface area contributed by atoms with Crippen LogP contribution in [0.15, 0.2) is 0 Å². The Morgan fingerprint density at radius 1 is 0.184 bits per heavy atom. The van der Waals surface area contributed by atoms with Crippen molar-refractivity contribution < 1.29 is 0 Å². The molecular formula is C114H216. The van der Waals surface area contributed by atoms with Crippen LogP contribution >= 0.6 is 0 Å². The van der Waals surface area contributed by atoms with Gasteiger partial charge in [-0.1, -0.05) is 345 Å². The third kappa shape index (κ3) is 34.2. The maximum absolute atomic E-state index is 2.45. The molecule has 0 saturated heterocycles. The van der Waals surface area contributed by atoms with E-state index in [0.29, 0.717) is 59.6 Å². The topological polar surface area (TPSA) is 0 Å². The van der Waals surface area contributed by atoms with E-state index in [1.54, 1.807) is 25.7 Å². The van der Waals surface area contributed by atoms with Gasteiger partial charge < -0.3 is 0 Å². The van der Waals surface area contributed by atoms with Crippen molar-refractivity contribution in [1.29, 1.82) is 0 Å². The second-order valence-corrected chi connectivity index (χ2v) is 57.5. The van der Waals surface area contributed by atoms with E-state index in [2.05, 4.69) is 242 Å². The fraction of sp³-hybridized carbons (Fsp3) is 1.00. The Morgan fingerprint density at radius 2 is 0.412 bits per heavy atom. The molecule has 12 unspecified atom stereocenters. The van der Waals surface area contributed by atoms with Gasteiger partial charge in [0.1, 0.15) is 0 Å². The van der Waals surface area contributed by atoms with Crippen LogP contribution in [0.5, 0.6) is 0 Å². The van der Waals surface area contributed by atoms with Crippen LogP contribution in [0, 0.1) is 208 Å². The third-order valence-electron chi connectivity index (χ3n) is 36.8. The SMILES string of the molecule is CC(C)(C)C1CC(CC2CC(C(C)(C)C)C2)C1.CC(C)(C)C1CC(CCCC2CC(C(C)(C)C)C2)C1.CC(C)(C)C1CC1CCC1CC1C(C)(C)C.CC(C)(C)C1CCC(CC2CCC(C(C)(C)C)C2)C1.CC(C)(C)C1CCC(CC2CCC(C(C)(C)C)CC2)CC1.CC(C)C1CCCC(CC2CCCC(C(C)(C)C)CC2)CC1. The zero-order chi connectivity index (χ0) is 85.3. The first-order chi connectivity index (χ1) is 52.2. The molecule has 0 aromatic heterocycles. The minimum absolute atomic E-state index is 0.529. The summed E-state index contributed by atoms with van der Waals surface area (Å²) in [6.45, 7) is 84.8. The molecule has 0 bridgehead atoms. The molecule has 114 heavy (non-hydrogen) atoms. The largest absolute Gasteiger partial charge is 0.0625 e. The van der Waals surface area contributed by atoms with Crippen molar-refractivity contribution in [1.82, 2.24) is 0 Å². The van der Waals surface area contributed by atoms with Crippen LogP contribution in [-0.4, -0.2) is 0 Å². The zero-order valence-corrected chi connectivity index (χ0v) is 85.3. The molecule has 0 radical (unpaired) electrons. The molecule has 0 amide bonds. The fourth-order valence-corrected chi connectivity index (χ4v) is 26.4. The lowest BCUT2D eigenvalue weighted by Crippen LogP contribution is -2.39. The van der Waals surface area contributed by atoms with E-state index in [4.69, 9.17) is 0 Å². The first kappa shape index (κ1) is 101. The predicted octanol–water partition coefficient (Wildman–Crippen LogP) is 37.8. The van der Waals surface area contributed by atoms with E-state index in [1.807, 2.05) is 0 Å². The van der Waals surface area contributed by atoms with E-state index < -0.39 is 0 Å². The molecule has 12 saturated carbocycles. The highest BCUT2D eigenvalue weighted by atomic mass is 14.6. The van der Waals surface area contributed by atoms with Gasteiger partial charge in [0.05, 0.1) is 0 Å². The van der Waals surface area contributed by atoms with Crippen molar-refractivity contribution in [3.8, 4) is 0 Å². The maximum Gasteiger partial charge on any atom is -0.0334 e. The van der Waals surface area contributed by atoms with Crippen LogP contribution in [-0.2, 0) is 0 Å². The highest BCUT2D eigenvalue weighted by molar-refractivity contribution is 5.00. The minimum Gasteiger partial charge on any atom is -0.0625 e. The van der Waals surface area contributed by atoms with E-state index >= 15 is 0 Å². The highest BCUT2D eigenvalue weighted by Gasteiger charge is 2.50. The molecule has 12 fully saturated rings. The van der Waals surface area contributed by atoms with Crippen LogP contribution in [0.25, 0.3) is 0 Å². The Balaban J connectivity index is 0.000000190. The smallest absolute Gasteiger partial charge is 0.0334 e. The Kier molecular flexibility index (Phi) is 37.1. The summed E-state index contributed by atoms with van der Waals surface area (Å²) in [6.07, 6.45) is 65.0. The fourth-order valence-electron chi connectivity index (χ4n) is 26.4. The lowest BCUT2D eigenvalue weighted by atomic mass is 9.56. The van der Waals surface area contributed by atoms with Crippen LogP contribution in [0.2, 0.25) is 0 Å². The van der Waals surface area contributed by atoms with Crippen molar-refractivity contribution in [3.05, 3.63) is 0 Å². The summed E-state index contributed by atoms with van der Waals surface area (Å²) in [5.74, 6) is 25.6. The molecule has 0 heterocycles. The highest BCUT2D eigenvalue weighted by Crippen LogP contribution is 2.60. The summed E-state index contributed by atoms with van der Waals surface area (Å²) in [4.78, 5) is 0. The normalized spacial score (nSPS) is 36.6. The summed E-state index contributed by atoms with van der Waals surface area (Å²) < 4.78 is 0. The van der Waals surface area contributed by atoms with Crippen LogP contribution < -0.4 is 0 Å². The monoisotopic (exact) mass is 1590 g/mol. The molecule has 0 aliphatic heterocycles. The molecule has 0 heteroatoms. The van der Waals surface area contributed by atoms with Gasteiger partial charge >= 0.3 is 0 Å². The zero-order valence-electron chi connectivity index (χ0n) is 85.3. The van der Waals surface area contributed by atoms with Crippen molar-refractivity contribution in [2.45, 2.75) is 518 Å². The molecule has 0 aromatic carbocycles. The average molecular weight is 1590 g/mol. The van der Waals surface area contributed by atoms with Gasteiger partial charge in [-0.15, -0.1) is 0 Å². The molecule has 0 aromatic rings. The van der Waals surface area contributed by atoms with Crippen LogP contribution in [0.1, 0.15) is 518 Å². The van der Waals surface area contributed by atoms with E-state index in [9.17, 15) is 0 Å². The van der Waals surface area contributed by atoms with Gasteiger partial charge in [0.25, 0.3) is 0 Å². The molecule has 12 aliphatic carbocycles. The van der Waals surface area contributed by atoms with Gasteiger partial charge in [-0.25, -0.2) is 0 Å². The van der Waals surface area contributed by atoms with Crippen molar-refractivity contribution in [2.24, 2.45) is 208 Å². The summed E-state index contributed by atoms with van der Waals surface area (Å²) >= 11 is 0. The number of hydrogen-bond donors (Lipinski definition) is 0. The summed E-state index contributed by atoms with van der Waals surface area (Å²) in [5.41, 5.74) is 6.06. The van der Waals surface area contributed by atoms with Gasteiger partial charge in [0.15, 0.2) is 0 Å². The summed E-state index contributed by atoms with van der Waals surface area (Å²) in [7, 11) is 0. The predicted molar refractivity (Wildman–Crippen MR) is 511 cm³/mol. The van der Waals surface area contributed by atoms with Crippen LogP contribution in [0.3, 0.4) is 0 Å². The van der Waals surface area contributed by atoms with E-state index in [-0.39, 0.29) is 0 Å². The molecule has 672 valence electrons. The Morgan fingerprint density at radius 3 is 0.684 bits per heavy atom.